The van der Waals surface area contributed by atoms with Crippen molar-refractivity contribution in [3.05, 3.63) is 23.5 Å². The van der Waals surface area contributed by atoms with Crippen molar-refractivity contribution < 1.29 is 4.79 Å². The van der Waals surface area contributed by atoms with Crippen LogP contribution in [0.3, 0.4) is 0 Å². The molecule has 1 aromatic rings. The molecule has 1 heterocycles. The Morgan fingerprint density at radius 1 is 1.33 bits per heavy atom. The third kappa shape index (κ3) is 4.45. The lowest BCUT2D eigenvalue weighted by Crippen LogP contribution is -2.27. The van der Waals surface area contributed by atoms with E-state index in [4.69, 9.17) is 0 Å². The van der Waals surface area contributed by atoms with Crippen LogP contribution in [0, 0.1) is 18.8 Å². The molecule has 4 nitrogen and oxygen atoms in total. The fraction of sp³-hybridized carbons (Fsp3) is 0.647. The second-order valence-electron chi connectivity index (χ2n) is 6.29. The summed E-state index contributed by atoms with van der Waals surface area (Å²) in [6, 6.07) is 1.90. The molecule has 0 unspecified atom stereocenters. The molecule has 116 valence electrons. The van der Waals surface area contributed by atoms with Gasteiger partial charge in [-0.1, -0.05) is 32.6 Å². The van der Waals surface area contributed by atoms with E-state index in [1.165, 1.54) is 25.7 Å². The topological polar surface area (TPSA) is 54.0 Å². The number of aryl methyl sites for hydroxylation is 1. The van der Waals surface area contributed by atoms with E-state index >= 15 is 0 Å². The van der Waals surface area contributed by atoms with Crippen molar-refractivity contribution >= 4 is 11.6 Å². The minimum atomic E-state index is -0.0315. The summed E-state index contributed by atoms with van der Waals surface area (Å²) in [5, 5.41) is 6.09. The number of rotatable bonds is 5. The van der Waals surface area contributed by atoms with E-state index < -0.39 is 0 Å². The Balaban J connectivity index is 1.82. The van der Waals surface area contributed by atoms with E-state index in [1.807, 2.05) is 20.0 Å². The SMILES string of the molecule is CNc1cc(C)ncc1C(=O)NCCC1CCC(C)CC1. The summed E-state index contributed by atoms with van der Waals surface area (Å²) < 4.78 is 0. The van der Waals surface area contributed by atoms with Crippen LogP contribution in [0.4, 0.5) is 5.69 Å². The highest BCUT2D eigenvalue weighted by atomic mass is 16.1. The van der Waals surface area contributed by atoms with Gasteiger partial charge in [0.2, 0.25) is 0 Å². The van der Waals surface area contributed by atoms with Gasteiger partial charge in [0.1, 0.15) is 0 Å². The molecule has 1 aliphatic carbocycles. The minimum absolute atomic E-state index is 0.0315. The Bertz CT molecular complexity index is 479. The third-order valence-electron chi connectivity index (χ3n) is 4.53. The number of carbonyl (C=O) groups is 1. The number of nitrogens with zero attached hydrogens (tertiary/aromatic N) is 1. The minimum Gasteiger partial charge on any atom is -0.387 e. The van der Waals surface area contributed by atoms with Gasteiger partial charge in [-0.2, -0.15) is 0 Å². The highest BCUT2D eigenvalue weighted by Crippen LogP contribution is 2.29. The van der Waals surface area contributed by atoms with E-state index in [1.54, 1.807) is 6.20 Å². The molecule has 0 aromatic carbocycles. The summed E-state index contributed by atoms with van der Waals surface area (Å²) in [6.07, 6.45) is 8.04. The van der Waals surface area contributed by atoms with Crippen LogP contribution >= 0.6 is 0 Å². The lowest BCUT2D eigenvalue weighted by atomic mass is 9.81. The number of aromatic nitrogens is 1. The molecule has 0 aliphatic heterocycles. The van der Waals surface area contributed by atoms with E-state index in [0.29, 0.717) is 5.56 Å². The first-order valence-corrected chi connectivity index (χ1v) is 8.02. The Labute approximate surface area is 127 Å². The smallest absolute Gasteiger partial charge is 0.254 e. The van der Waals surface area contributed by atoms with Gasteiger partial charge in [0.05, 0.1) is 11.3 Å². The Hall–Kier alpha value is -1.58. The van der Waals surface area contributed by atoms with Crippen LogP contribution < -0.4 is 10.6 Å². The van der Waals surface area contributed by atoms with Crippen LogP contribution in [0.1, 0.15) is 55.1 Å². The van der Waals surface area contributed by atoms with Gasteiger partial charge >= 0.3 is 0 Å². The average molecular weight is 289 g/mol. The number of amides is 1. The van der Waals surface area contributed by atoms with Crippen LogP contribution in [0.2, 0.25) is 0 Å². The van der Waals surface area contributed by atoms with Gasteiger partial charge in [0, 0.05) is 25.5 Å². The predicted octanol–water partition coefficient (Wildman–Crippen LogP) is 3.38. The van der Waals surface area contributed by atoms with E-state index in [2.05, 4.69) is 22.5 Å². The van der Waals surface area contributed by atoms with Gasteiger partial charge in [0.25, 0.3) is 5.91 Å². The lowest BCUT2D eigenvalue weighted by Gasteiger charge is -2.26. The largest absolute Gasteiger partial charge is 0.387 e. The Morgan fingerprint density at radius 3 is 2.71 bits per heavy atom. The number of nitrogens with one attached hydrogen (secondary N) is 2. The maximum atomic E-state index is 12.2. The van der Waals surface area contributed by atoms with Crippen molar-refractivity contribution in [2.24, 2.45) is 11.8 Å². The van der Waals surface area contributed by atoms with Crippen molar-refractivity contribution in [3.63, 3.8) is 0 Å². The number of anilines is 1. The molecule has 1 aromatic heterocycles. The molecule has 0 bridgehead atoms. The van der Waals surface area contributed by atoms with Crippen LogP contribution in [-0.2, 0) is 0 Å². The number of hydrogen-bond donors (Lipinski definition) is 2. The Kier molecular flexibility index (Phi) is 5.59. The second-order valence-corrected chi connectivity index (χ2v) is 6.29. The zero-order valence-electron chi connectivity index (χ0n) is 13.4. The molecular formula is C17H27N3O. The van der Waals surface area contributed by atoms with Crippen molar-refractivity contribution in [3.8, 4) is 0 Å². The molecule has 0 spiro atoms. The molecule has 1 saturated carbocycles. The highest BCUT2D eigenvalue weighted by molar-refractivity contribution is 5.99. The lowest BCUT2D eigenvalue weighted by molar-refractivity contribution is 0.0950. The summed E-state index contributed by atoms with van der Waals surface area (Å²) in [7, 11) is 1.83. The first-order chi connectivity index (χ1) is 10.1. The summed E-state index contributed by atoms with van der Waals surface area (Å²) in [5.74, 6) is 1.63. The van der Waals surface area contributed by atoms with E-state index in [9.17, 15) is 4.79 Å². The Morgan fingerprint density at radius 2 is 2.05 bits per heavy atom. The molecule has 0 saturated heterocycles. The zero-order valence-corrected chi connectivity index (χ0v) is 13.4. The van der Waals surface area contributed by atoms with Gasteiger partial charge in [-0.25, -0.2) is 0 Å². The summed E-state index contributed by atoms with van der Waals surface area (Å²) >= 11 is 0. The third-order valence-corrected chi connectivity index (χ3v) is 4.53. The normalized spacial score (nSPS) is 21.9. The van der Waals surface area contributed by atoms with Crippen LogP contribution in [0.25, 0.3) is 0 Å². The second kappa shape index (κ2) is 7.43. The molecule has 2 rings (SSSR count). The first-order valence-electron chi connectivity index (χ1n) is 8.02. The van der Waals surface area contributed by atoms with Gasteiger partial charge in [0.15, 0.2) is 0 Å². The van der Waals surface area contributed by atoms with Crippen LogP contribution in [-0.4, -0.2) is 24.5 Å². The van der Waals surface area contributed by atoms with Gasteiger partial charge in [-0.15, -0.1) is 0 Å². The highest BCUT2D eigenvalue weighted by Gasteiger charge is 2.18. The molecule has 1 fully saturated rings. The fourth-order valence-electron chi connectivity index (χ4n) is 3.05. The van der Waals surface area contributed by atoms with Gasteiger partial charge in [-0.05, 0) is 31.2 Å². The molecule has 0 atom stereocenters. The van der Waals surface area contributed by atoms with Crippen molar-refractivity contribution in [1.29, 1.82) is 0 Å². The standard InChI is InChI=1S/C17H27N3O/c1-12-4-6-14(7-5-12)8-9-19-17(21)15-11-20-13(2)10-16(15)18-3/h10-12,14H,4-9H2,1-3H3,(H,18,20)(H,19,21). The van der Waals surface area contributed by atoms with Gasteiger partial charge < -0.3 is 10.6 Å². The van der Waals surface area contributed by atoms with Crippen molar-refractivity contribution in [2.75, 3.05) is 18.9 Å². The van der Waals surface area contributed by atoms with E-state index in [0.717, 1.165) is 36.2 Å². The quantitative estimate of drug-likeness (QED) is 0.873. The molecule has 1 aliphatic rings. The average Bonchev–Trinajstić information content (AvgIpc) is 2.49. The van der Waals surface area contributed by atoms with Gasteiger partial charge in [-0.3, -0.25) is 9.78 Å². The van der Waals surface area contributed by atoms with Crippen molar-refractivity contribution in [1.82, 2.24) is 10.3 Å². The predicted molar refractivity (Wildman–Crippen MR) is 86.6 cm³/mol. The first kappa shape index (κ1) is 15.8. The van der Waals surface area contributed by atoms with Crippen LogP contribution in [0.15, 0.2) is 12.3 Å². The monoisotopic (exact) mass is 289 g/mol. The molecule has 2 N–H and O–H groups in total. The zero-order chi connectivity index (χ0) is 15.2. The number of carbonyl (C=O) groups excluding carboxylic acids is 1. The summed E-state index contributed by atoms with van der Waals surface area (Å²) in [6.45, 7) is 5.02. The molecule has 4 heteroatoms. The number of hydrogen-bond acceptors (Lipinski definition) is 3. The molecular weight excluding hydrogens is 262 g/mol. The fourth-order valence-corrected chi connectivity index (χ4v) is 3.05. The van der Waals surface area contributed by atoms with Crippen molar-refractivity contribution in [2.45, 2.75) is 46.0 Å². The molecule has 21 heavy (non-hydrogen) atoms. The van der Waals surface area contributed by atoms with Crippen LogP contribution in [0.5, 0.6) is 0 Å². The summed E-state index contributed by atoms with van der Waals surface area (Å²) in [4.78, 5) is 16.5. The molecule has 1 amide bonds. The maximum Gasteiger partial charge on any atom is 0.254 e. The summed E-state index contributed by atoms with van der Waals surface area (Å²) in [5.41, 5.74) is 2.37. The van der Waals surface area contributed by atoms with E-state index in [-0.39, 0.29) is 5.91 Å². The number of pyridine rings is 1. The molecule has 0 radical (unpaired) electrons. The maximum absolute atomic E-state index is 12.2.